The minimum absolute atomic E-state index is 0.236. The molecule has 3 aromatic heterocycles. The summed E-state index contributed by atoms with van der Waals surface area (Å²) in [7, 11) is 0. The zero-order chi connectivity index (χ0) is 22.4. The lowest BCUT2D eigenvalue weighted by molar-refractivity contribution is 0.105. The third-order valence-electron chi connectivity index (χ3n) is 6.61. The molecule has 1 aliphatic heterocycles. The van der Waals surface area contributed by atoms with Crippen LogP contribution in [0.4, 0.5) is 10.6 Å². The molecule has 1 aromatic carbocycles. The van der Waals surface area contributed by atoms with Crippen molar-refractivity contribution in [1.29, 1.82) is 0 Å². The molecule has 0 radical (unpaired) electrons. The number of pyridine rings is 1. The number of piperazine rings is 1. The third-order valence-corrected chi connectivity index (χ3v) is 7.67. The van der Waals surface area contributed by atoms with Crippen molar-refractivity contribution in [3.05, 3.63) is 47.8 Å². The Hall–Kier alpha value is -3.26. The average Bonchev–Trinajstić information content (AvgIpc) is 3.48. The first-order chi connectivity index (χ1) is 16.2. The van der Waals surface area contributed by atoms with Gasteiger partial charge in [0.2, 0.25) is 0 Å². The Morgan fingerprint density at radius 1 is 1.06 bits per heavy atom. The number of amides is 1. The summed E-state index contributed by atoms with van der Waals surface area (Å²) >= 11 is 1.69. The van der Waals surface area contributed by atoms with Crippen molar-refractivity contribution < 1.29 is 9.53 Å². The molecule has 0 atom stereocenters. The minimum Gasteiger partial charge on any atom is -0.450 e. The van der Waals surface area contributed by atoms with E-state index in [2.05, 4.69) is 34.1 Å². The van der Waals surface area contributed by atoms with Gasteiger partial charge >= 0.3 is 6.09 Å². The van der Waals surface area contributed by atoms with Crippen LogP contribution in [0.15, 0.2) is 36.7 Å². The fourth-order valence-electron chi connectivity index (χ4n) is 5.06. The summed E-state index contributed by atoms with van der Waals surface area (Å²) in [4.78, 5) is 31.7. The number of hydrogen-bond acceptors (Lipinski definition) is 7. The summed E-state index contributed by atoms with van der Waals surface area (Å²) in [5.74, 6) is 0.944. The van der Waals surface area contributed by atoms with Gasteiger partial charge in [-0.1, -0.05) is 30.3 Å². The number of carbonyl (C=O) groups is 1. The van der Waals surface area contributed by atoms with E-state index in [0.717, 1.165) is 58.9 Å². The fraction of sp³-hybridized carbons (Fsp3) is 0.360. The van der Waals surface area contributed by atoms with Crippen molar-refractivity contribution >= 4 is 43.7 Å². The second-order valence-electron chi connectivity index (χ2n) is 8.47. The van der Waals surface area contributed by atoms with Crippen LogP contribution in [-0.4, -0.2) is 58.7 Å². The van der Waals surface area contributed by atoms with Crippen molar-refractivity contribution in [2.75, 3.05) is 37.7 Å². The second kappa shape index (κ2) is 8.26. The highest BCUT2D eigenvalue weighted by molar-refractivity contribution is 7.26. The van der Waals surface area contributed by atoms with Crippen molar-refractivity contribution in [2.45, 2.75) is 26.2 Å². The monoisotopic (exact) mass is 459 g/mol. The SMILES string of the molecule is CCOC(=O)N1CCN(c2ncnc3c2sc2nc(-c4ccccc4)c4c(c23)CCC4)CC1. The summed E-state index contributed by atoms with van der Waals surface area (Å²) in [5, 5.41) is 1.20. The van der Waals surface area contributed by atoms with Crippen molar-refractivity contribution in [1.82, 2.24) is 19.9 Å². The average molecular weight is 460 g/mol. The van der Waals surface area contributed by atoms with Crippen LogP contribution in [0.2, 0.25) is 0 Å². The smallest absolute Gasteiger partial charge is 0.409 e. The van der Waals surface area contributed by atoms with Crippen LogP contribution in [0, 0.1) is 0 Å². The fourth-order valence-corrected chi connectivity index (χ4v) is 6.24. The first-order valence-corrected chi connectivity index (χ1v) is 12.4. The summed E-state index contributed by atoms with van der Waals surface area (Å²) in [6, 6.07) is 10.5. The summed E-state index contributed by atoms with van der Waals surface area (Å²) in [5.41, 5.74) is 6.08. The number of anilines is 1. The Morgan fingerprint density at radius 2 is 1.85 bits per heavy atom. The Bertz CT molecular complexity index is 1350. The van der Waals surface area contributed by atoms with E-state index in [9.17, 15) is 4.79 Å². The largest absolute Gasteiger partial charge is 0.450 e. The van der Waals surface area contributed by atoms with Gasteiger partial charge in [0.1, 0.15) is 17.0 Å². The summed E-state index contributed by atoms with van der Waals surface area (Å²) < 4.78 is 6.25. The molecule has 33 heavy (non-hydrogen) atoms. The number of rotatable bonds is 3. The van der Waals surface area contributed by atoms with Gasteiger partial charge in [-0.15, -0.1) is 11.3 Å². The minimum atomic E-state index is -0.236. The van der Waals surface area contributed by atoms with Gasteiger partial charge in [-0.25, -0.2) is 19.7 Å². The molecule has 2 aliphatic rings. The Balaban J connectivity index is 1.42. The van der Waals surface area contributed by atoms with Gasteiger partial charge in [0, 0.05) is 37.1 Å². The maximum absolute atomic E-state index is 12.1. The van der Waals surface area contributed by atoms with Crippen LogP contribution in [0.3, 0.4) is 0 Å². The lowest BCUT2D eigenvalue weighted by Gasteiger charge is -2.34. The molecule has 6 rings (SSSR count). The molecule has 1 aliphatic carbocycles. The van der Waals surface area contributed by atoms with Crippen LogP contribution in [-0.2, 0) is 17.6 Å². The molecule has 7 nitrogen and oxygen atoms in total. The highest BCUT2D eigenvalue weighted by atomic mass is 32.1. The Morgan fingerprint density at radius 3 is 2.64 bits per heavy atom. The van der Waals surface area contributed by atoms with Crippen LogP contribution in [0.25, 0.3) is 31.7 Å². The van der Waals surface area contributed by atoms with E-state index < -0.39 is 0 Å². The molecule has 0 spiro atoms. The van der Waals surface area contributed by atoms with Gasteiger partial charge in [-0.3, -0.25) is 0 Å². The van der Waals surface area contributed by atoms with E-state index in [4.69, 9.17) is 14.7 Å². The van der Waals surface area contributed by atoms with Gasteiger partial charge in [-0.05, 0) is 37.3 Å². The zero-order valence-corrected chi connectivity index (χ0v) is 19.4. The molecule has 1 saturated heterocycles. The van der Waals surface area contributed by atoms with Crippen molar-refractivity contribution in [3.63, 3.8) is 0 Å². The number of fused-ring (bicyclic) bond motifs is 5. The maximum atomic E-state index is 12.1. The molecule has 1 fully saturated rings. The van der Waals surface area contributed by atoms with E-state index >= 15 is 0 Å². The second-order valence-corrected chi connectivity index (χ2v) is 9.47. The molecule has 0 bridgehead atoms. The number of carbonyl (C=O) groups excluding carboxylic acids is 1. The van der Waals surface area contributed by atoms with Crippen molar-refractivity contribution in [2.24, 2.45) is 0 Å². The molecule has 4 heterocycles. The lowest BCUT2D eigenvalue weighted by Crippen LogP contribution is -2.49. The topological polar surface area (TPSA) is 71.5 Å². The molecule has 168 valence electrons. The van der Waals surface area contributed by atoms with Gasteiger partial charge in [0.15, 0.2) is 0 Å². The lowest BCUT2D eigenvalue weighted by atomic mass is 10.0. The Kier molecular flexibility index (Phi) is 5.10. The first-order valence-electron chi connectivity index (χ1n) is 11.6. The number of benzene rings is 1. The molecule has 8 heteroatoms. The standard InChI is InChI=1S/C25H25N5O2S/c1-2-32-25(31)30-13-11-29(12-14-30)23-22-21(26-15-27-23)19-17-9-6-10-18(17)20(28-24(19)33-22)16-7-4-3-5-8-16/h3-5,7-8,15H,2,6,9-14H2,1H3. The van der Waals surface area contributed by atoms with Gasteiger partial charge in [0.25, 0.3) is 0 Å². The Labute approximate surface area is 196 Å². The number of aryl methyl sites for hydroxylation is 1. The van der Waals surface area contributed by atoms with Crippen LogP contribution < -0.4 is 4.90 Å². The predicted octanol–water partition coefficient (Wildman–Crippen LogP) is 4.67. The summed E-state index contributed by atoms with van der Waals surface area (Å²) in [6.45, 7) is 4.93. The van der Waals surface area contributed by atoms with E-state index in [-0.39, 0.29) is 6.09 Å². The predicted molar refractivity (Wildman–Crippen MR) is 131 cm³/mol. The molecule has 0 unspecified atom stereocenters. The van der Waals surface area contributed by atoms with E-state index in [1.165, 1.54) is 22.1 Å². The number of hydrogen-bond donors (Lipinski definition) is 0. The highest BCUT2D eigenvalue weighted by Crippen LogP contribution is 2.43. The quantitative estimate of drug-likeness (QED) is 0.443. The van der Waals surface area contributed by atoms with Crippen LogP contribution in [0.1, 0.15) is 24.5 Å². The van der Waals surface area contributed by atoms with E-state index in [0.29, 0.717) is 19.7 Å². The van der Waals surface area contributed by atoms with Gasteiger partial charge in [-0.2, -0.15) is 0 Å². The molecular formula is C25H25N5O2S. The van der Waals surface area contributed by atoms with E-state index in [1.807, 2.05) is 13.0 Å². The maximum Gasteiger partial charge on any atom is 0.409 e. The van der Waals surface area contributed by atoms with Gasteiger partial charge < -0.3 is 14.5 Å². The molecule has 0 N–H and O–H groups in total. The third kappa shape index (κ3) is 3.40. The number of ether oxygens (including phenoxy) is 1. The van der Waals surface area contributed by atoms with Crippen molar-refractivity contribution in [3.8, 4) is 11.3 Å². The molecule has 1 amide bonds. The number of aromatic nitrogens is 3. The van der Waals surface area contributed by atoms with Crippen LogP contribution >= 0.6 is 11.3 Å². The number of nitrogens with zero attached hydrogens (tertiary/aromatic N) is 5. The normalized spacial score (nSPS) is 15.9. The highest BCUT2D eigenvalue weighted by Gasteiger charge is 2.28. The summed E-state index contributed by atoms with van der Waals surface area (Å²) in [6.07, 6.45) is 4.72. The molecule has 4 aromatic rings. The van der Waals surface area contributed by atoms with Crippen LogP contribution in [0.5, 0.6) is 0 Å². The number of thiophene rings is 1. The molecular weight excluding hydrogens is 434 g/mol. The first kappa shape index (κ1) is 20.4. The zero-order valence-electron chi connectivity index (χ0n) is 18.6. The van der Waals surface area contributed by atoms with Gasteiger partial charge in [0.05, 0.1) is 22.5 Å². The molecule has 0 saturated carbocycles. The van der Waals surface area contributed by atoms with E-state index in [1.54, 1.807) is 22.6 Å².